The highest BCUT2D eigenvalue weighted by Crippen LogP contribution is 2.04. The second-order valence-corrected chi connectivity index (χ2v) is 6.74. The van der Waals surface area contributed by atoms with Crippen LogP contribution in [0.5, 0.6) is 0 Å². The quantitative estimate of drug-likeness (QED) is 0.368. The van der Waals surface area contributed by atoms with Gasteiger partial charge >= 0.3 is 0 Å². The molecule has 0 fully saturated rings. The first kappa shape index (κ1) is 21.6. The van der Waals surface area contributed by atoms with E-state index in [0.717, 1.165) is 16.9 Å². The molecule has 7 heteroatoms. The van der Waals surface area contributed by atoms with Crippen molar-refractivity contribution in [3.8, 4) is 0 Å². The van der Waals surface area contributed by atoms with E-state index in [-0.39, 0.29) is 29.8 Å². The van der Waals surface area contributed by atoms with Gasteiger partial charge in [-0.3, -0.25) is 9.20 Å². The van der Waals surface area contributed by atoms with Crippen molar-refractivity contribution in [2.24, 2.45) is 4.99 Å². The van der Waals surface area contributed by atoms with Crippen molar-refractivity contribution in [3.63, 3.8) is 0 Å². The van der Waals surface area contributed by atoms with Crippen molar-refractivity contribution in [3.05, 3.63) is 66.0 Å². The van der Waals surface area contributed by atoms with E-state index >= 15 is 0 Å². The molecule has 0 spiro atoms. The van der Waals surface area contributed by atoms with Gasteiger partial charge in [0.1, 0.15) is 5.82 Å². The fourth-order valence-corrected chi connectivity index (χ4v) is 3.13. The molecule has 0 amide bonds. The molecule has 0 aliphatic carbocycles. The molecule has 25 heavy (non-hydrogen) atoms. The molecule has 0 heterocycles. The lowest BCUT2D eigenvalue weighted by Crippen LogP contribution is -2.40. The molecular formula is C18H23FIN3OS. The van der Waals surface area contributed by atoms with Crippen molar-refractivity contribution >= 4 is 40.7 Å². The molecule has 0 bridgehead atoms. The summed E-state index contributed by atoms with van der Waals surface area (Å²) in [6, 6.07) is 15.9. The van der Waals surface area contributed by atoms with E-state index in [1.165, 1.54) is 12.1 Å². The van der Waals surface area contributed by atoms with Crippen LogP contribution in [-0.2, 0) is 17.2 Å². The lowest BCUT2D eigenvalue weighted by atomic mass is 10.1. The number of nitrogens with one attached hydrogen (secondary N) is 2. The largest absolute Gasteiger partial charge is 0.356 e. The lowest BCUT2D eigenvalue weighted by molar-refractivity contribution is 0.626. The third-order valence-corrected chi connectivity index (χ3v) is 4.80. The molecule has 4 nitrogen and oxygen atoms in total. The van der Waals surface area contributed by atoms with E-state index in [4.69, 9.17) is 0 Å². The molecule has 2 aromatic carbocycles. The van der Waals surface area contributed by atoms with Crippen molar-refractivity contribution in [2.45, 2.75) is 11.3 Å². The Bertz CT molecular complexity index is 680. The normalized spacial score (nSPS) is 12.2. The molecule has 1 unspecified atom stereocenters. The van der Waals surface area contributed by atoms with E-state index in [9.17, 15) is 8.60 Å². The third-order valence-electron chi connectivity index (χ3n) is 3.43. The summed E-state index contributed by atoms with van der Waals surface area (Å²) in [5, 5.41) is 6.34. The van der Waals surface area contributed by atoms with Crippen LogP contribution in [0, 0.1) is 5.82 Å². The van der Waals surface area contributed by atoms with Gasteiger partial charge in [-0.15, -0.1) is 24.0 Å². The Labute approximate surface area is 167 Å². The first-order valence-corrected chi connectivity index (χ1v) is 9.13. The fraction of sp³-hybridized carbons (Fsp3) is 0.278. The molecule has 1 atom stereocenters. The summed E-state index contributed by atoms with van der Waals surface area (Å²) >= 11 is 0. The number of aliphatic imine (C=N–C) groups is 1. The Morgan fingerprint density at radius 1 is 1.04 bits per heavy atom. The number of rotatable bonds is 7. The first-order chi connectivity index (χ1) is 11.7. The Balaban J connectivity index is 0.00000312. The van der Waals surface area contributed by atoms with Crippen LogP contribution in [0.1, 0.15) is 5.56 Å². The van der Waals surface area contributed by atoms with Crippen LogP contribution in [0.3, 0.4) is 0 Å². The summed E-state index contributed by atoms with van der Waals surface area (Å²) in [5.41, 5.74) is 1.06. The zero-order valence-corrected chi connectivity index (χ0v) is 17.2. The number of hydrogen-bond donors (Lipinski definition) is 2. The van der Waals surface area contributed by atoms with Gasteiger partial charge in [-0.05, 0) is 36.2 Å². The zero-order chi connectivity index (χ0) is 17.2. The van der Waals surface area contributed by atoms with Gasteiger partial charge in [-0.2, -0.15) is 0 Å². The van der Waals surface area contributed by atoms with Crippen LogP contribution >= 0.6 is 24.0 Å². The molecule has 0 saturated carbocycles. The Hall–Kier alpha value is -1.48. The first-order valence-electron chi connectivity index (χ1n) is 7.81. The number of guanidine groups is 1. The summed E-state index contributed by atoms with van der Waals surface area (Å²) < 4.78 is 25.0. The van der Waals surface area contributed by atoms with E-state index in [2.05, 4.69) is 15.6 Å². The smallest absolute Gasteiger partial charge is 0.191 e. The number of hydrogen-bond acceptors (Lipinski definition) is 2. The minimum atomic E-state index is -1.02. The maximum Gasteiger partial charge on any atom is 0.191 e. The third kappa shape index (κ3) is 7.96. The van der Waals surface area contributed by atoms with Crippen LogP contribution in [0.4, 0.5) is 4.39 Å². The molecule has 2 aromatic rings. The highest BCUT2D eigenvalue weighted by Gasteiger charge is 2.04. The second kappa shape index (κ2) is 12.0. The minimum absolute atomic E-state index is 0. The van der Waals surface area contributed by atoms with Gasteiger partial charge in [0.25, 0.3) is 0 Å². The Morgan fingerprint density at radius 2 is 1.68 bits per heavy atom. The monoisotopic (exact) mass is 475 g/mol. The summed E-state index contributed by atoms with van der Waals surface area (Å²) in [5.74, 6) is 0.959. The van der Waals surface area contributed by atoms with E-state index in [0.29, 0.717) is 24.8 Å². The SMILES string of the molecule is CN=C(NCCc1ccc(F)cc1)NCCS(=O)c1ccccc1.I. The molecular weight excluding hydrogens is 452 g/mol. The molecule has 0 radical (unpaired) electrons. The predicted molar refractivity (Wildman–Crippen MR) is 113 cm³/mol. The molecule has 2 N–H and O–H groups in total. The van der Waals surface area contributed by atoms with Crippen LogP contribution in [0.2, 0.25) is 0 Å². The molecule has 136 valence electrons. The van der Waals surface area contributed by atoms with Gasteiger partial charge < -0.3 is 10.6 Å². The van der Waals surface area contributed by atoms with Gasteiger partial charge in [0.05, 0.1) is 10.8 Å². The zero-order valence-electron chi connectivity index (χ0n) is 14.1. The summed E-state index contributed by atoms with van der Waals surface area (Å²) in [6.45, 7) is 1.25. The maximum atomic E-state index is 12.8. The van der Waals surface area contributed by atoms with Gasteiger partial charge in [0, 0.05) is 30.8 Å². The van der Waals surface area contributed by atoms with E-state index in [1.807, 2.05) is 30.3 Å². The van der Waals surface area contributed by atoms with Gasteiger partial charge in [0.2, 0.25) is 0 Å². The van der Waals surface area contributed by atoms with Gasteiger partial charge in [-0.1, -0.05) is 30.3 Å². The average Bonchev–Trinajstić information content (AvgIpc) is 2.62. The number of halogens is 2. The predicted octanol–water partition coefficient (Wildman–Crippen LogP) is 2.96. The van der Waals surface area contributed by atoms with Gasteiger partial charge in [-0.25, -0.2) is 4.39 Å². The highest BCUT2D eigenvalue weighted by molar-refractivity contribution is 14.0. The fourth-order valence-electron chi connectivity index (χ4n) is 2.15. The van der Waals surface area contributed by atoms with Crippen LogP contribution in [-0.4, -0.2) is 36.1 Å². The molecule has 0 aliphatic heterocycles. The topological polar surface area (TPSA) is 53.5 Å². The second-order valence-electron chi connectivity index (χ2n) is 5.16. The van der Waals surface area contributed by atoms with Crippen LogP contribution < -0.4 is 10.6 Å². The van der Waals surface area contributed by atoms with Crippen LogP contribution in [0.25, 0.3) is 0 Å². The van der Waals surface area contributed by atoms with Crippen molar-refractivity contribution in [1.29, 1.82) is 0 Å². The van der Waals surface area contributed by atoms with Gasteiger partial charge in [0.15, 0.2) is 5.96 Å². The molecule has 0 aromatic heterocycles. The maximum absolute atomic E-state index is 12.8. The van der Waals surface area contributed by atoms with Crippen molar-refractivity contribution in [2.75, 3.05) is 25.9 Å². The van der Waals surface area contributed by atoms with Crippen molar-refractivity contribution in [1.82, 2.24) is 10.6 Å². The standard InChI is InChI=1S/C18H22FN3OS.HI/c1-20-18(21-12-11-15-7-9-16(19)10-8-15)22-13-14-24(23)17-5-3-2-4-6-17;/h2-10H,11-14H2,1H3,(H2,20,21,22);1H. The van der Waals surface area contributed by atoms with Crippen molar-refractivity contribution < 1.29 is 8.60 Å². The summed E-state index contributed by atoms with van der Waals surface area (Å²) in [4.78, 5) is 4.97. The molecule has 0 saturated heterocycles. The summed E-state index contributed by atoms with van der Waals surface area (Å²) in [7, 11) is 0.676. The molecule has 2 rings (SSSR count). The minimum Gasteiger partial charge on any atom is -0.356 e. The summed E-state index contributed by atoms with van der Waals surface area (Å²) in [6.07, 6.45) is 0.775. The van der Waals surface area contributed by atoms with Crippen LogP contribution in [0.15, 0.2) is 64.5 Å². The van der Waals surface area contributed by atoms with E-state index < -0.39 is 10.8 Å². The Morgan fingerprint density at radius 3 is 2.32 bits per heavy atom. The Kier molecular flexibility index (Phi) is 10.3. The average molecular weight is 475 g/mol. The molecule has 0 aliphatic rings. The van der Waals surface area contributed by atoms with E-state index in [1.54, 1.807) is 19.2 Å². The number of nitrogens with zero attached hydrogens (tertiary/aromatic N) is 1. The lowest BCUT2D eigenvalue weighted by Gasteiger charge is -2.12. The highest BCUT2D eigenvalue weighted by atomic mass is 127. The number of benzene rings is 2.